The summed E-state index contributed by atoms with van der Waals surface area (Å²) in [6.45, 7) is 4.97. The molecule has 1 aromatic rings. The molecule has 2 rings (SSSR count). The Labute approximate surface area is 127 Å². The van der Waals surface area contributed by atoms with Crippen molar-refractivity contribution in [2.75, 3.05) is 4.43 Å². The largest absolute Gasteiger partial charge is 0.386 e. The number of nitrogens with zero attached hydrogens (tertiary/aromatic N) is 1. The molecule has 8 heteroatoms. The summed E-state index contributed by atoms with van der Waals surface area (Å²) < 4.78 is 21.9. The SMILES string of the molecule is C=C(C)[C@@]1(F)[C@H](O)[C@@H](CI)O[C@H]1n1ccc(=O)[nH]c1=O. The van der Waals surface area contributed by atoms with E-state index in [0.717, 1.165) is 16.8 Å². The second kappa shape index (κ2) is 5.41. The highest BCUT2D eigenvalue weighted by atomic mass is 127. The van der Waals surface area contributed by atoms with Gasteiger partial charge in [-0.05, 0) is 12.5 Å². The summed E-state index contributed by atoms with van der Waals surface area (Å²) >= 11 is 1.96. The number of aliphatic hydroxyl groups excluding tert-OH is 1. The fraction of sp³-hybridized carbons (Fsp3) is 0.500. The quantitative estimate of drug-likeness (QED) is 0.443. The van der Waals surface area contributed by atoms with E-state index in [9.17, 15) is 14.7 Å². The molecule has 0 aromatic carbocycles. The van der Waals surface area contributed by atoms with Crippen molar-refractivity contribution >= 4 is 22.6 Å². The van der Waals surface area contributed by atoms with Crippen molar-refractivity contribution in [2.24, 2.45) is 0 Å². The number of hydrogen-bond donors (Lipinski definition) is 2. The highest BCUT2D eigenvalue weighted by Crippen LogP contribution is 2.45. The van der Waals surface area contributed by atoms with Crippen LogP contribution < -0.4 is 11.2 Å². The highest BCUT2D eigenvalue weighted by Gasteiger charge is 2.58. The molecule has 2 heterocycles. The van der Waals surface area contributed by atoms with Gasteiger partial charge >= 0.3 is 5.69 Å². The van der Waals surface area contributed by atoms with Crippen molar-refractivity contribution in [3.05, 3.63) is 45.3 Å². The fourth-order valence-electron chi connectivity index (χ4n) is 2.22. The molecule has 4 atom stereocenters. The van der Waals surface area contributed by atoms with Crippen LogP contribution in [0.25, 0.3) is 0 Å². The number of H-pyrrole nitrogens is 1. The molecule has 1 aliphatic rings. The van der Waals surface area contributed by atoms with Gasteiger partial charge in [0.2, 0.25) is 5.67 Å². The lowest BCUT2D eigenvalue weighted by molar-refractivity contribution is -0.0381. The van der Waals surface area contributed by atoms with Crippen molar-refractivity contribution in [2.45, 2.75) is 31.0 Å². The van der Waals surface area contributed by atoms with E-state index in [-0.39, 0.29) is 5.57 Å². The molecule has 0 saturated carbocycles. The van der Waals surface area contributed by atoms with Gasteiger partial charge in [-0.25, -0.2) is 9.18 Å². The van der Waals surface area contributed by atoms with Crippen molar-refractivity contribution in [1.82, 2.24) is 9.55 Å². The summed E-state index contributed by atoms with van der Waals surface area (Å²) in [6.07, 6.45) is -2.41. The second-order valence-electron chi connectivity index (χ2n) is 4.69. The van der Waals surface area contributed by atoms with E-state index in [0.29, 0.717) is 4.43 Å². The van der Waals surface area contributed by atoms with Crippen LogP contribution in [0.1, 0.15) is 13.2 Å². The second-order valence-corrected chi connectivity index (χ2v) is 5.57. The molecule has 20 heavy (non-hydrogen) atoms. The van der Waals surface area contributed by atoms with E-state index >= 15 is 4.39 Å². The van der Waals surface area contributed by atoms with Gasteiger partial charge in [-0.3, -0.25) is 14.3 Å². The third kappa shape index (κ3) is 2.25. The van der Waals surface area contributed by atoms with Crippen LogP contribution in [0, 0.1) is 0 Å². The van der Waals surface area contributed by atoms with Crippen LogP contribution in [0.3, 0.4) is 0 Å². The lowest BCUT2D eigenvalue weighted by Gasteiger charge is -2.29. The number of rotatable bonds is 3. The molecule has 110 valence electrons. The van der Waals surface area contributed by atoms with Crippen LogP contribution in [0.15, 0.2) is 34.0 Å². The monoisotopic (exact) mass is 396 g/mol. The standard InChI is InChI=1S/C12H14FIN2O4/c1-6(2)12(13)9(18)7(5-14)20-10(12)16-4-3-8(17)15-11(16)19/h3-4,7,9-10,18H,1,5H2,2H3,(H,15,17,19)/t7-,9-,10-,12-/m1/s1. The Morgan fingerprint density at radius 3 is 2.85 bits per heavy atom. The first-order chi connectivity index (χ1) is 9.32. The van der Waals surface area contributed by atoms with Gasteiger partial charge in [0, 0.05) is 16.7 Å². The van der Waals surface area contributed by atoms with Crippen LogP contribution >= 0.6 is 22.6 Å². The third-order valence-corrected chi connectivity index (χ3v) is 4.22. The number of aromatic nitrogens is 2. The molecule has 0 amide bonds. The minimum Gasteiger partial charge on any atom is -0.386 e. The third-order valence-electron chi connectivity index (χ3n) is 3.36. The highest BCUT2D eigenvalue weighted by molar-refractivity contribution is 14.1. The van der Waals surface area contributed by atoms with Crippen molar-refractivity contribution in [3.8, 4) is 0 Å². The zero-order valence-corrected chi connectivity index (χ0v) is 12.8. The summed E-state index contributed by atoms with van der Waals surface area (Å²) in [6, 6.07) is 1.09. The molecule has 2 N–H and O–H groups in total. The molecule has 0 radical (unpaired) electrons. The Hall–Kier alpha value is -1.00. The number of hydrogen-bond acceptors (Lipinski definition) is 4. The summed E-state index contributed by atoms with van der Waals surface area (Å²) in [5.41, 5.74) is -3.62. The summed E-state index contributed by atoms with van der Waals surface area (Å²) in [5, 5.41) is 10.1. The van der Waals surface area contributed by atoms with E-state index < -0.39 is 35.4 Å². The lowest BCUT2D eigenvalue weighted by Crippen LogP contribution is -2.46. The molecule has 1 aromatic heterocycles. The minimum absolute atomic E-state index is 0.0560. The first kappa shape index (κ1) is 15.4. The summed E-state index contributed by atoms with van der Waals surface area (Å²) in [4.78, 5) is 24.9. The van der Waals surface area contributed by atoms with E-state index in [4.69, 9.17) is 4.74 Å². The van der Waals surface area contributed by atoms with Gasteiger partial charge in [-0.15, -0.1) is 0 Å². The molecule has 1 saturated heterocycles. The molecule has 0 aliphatic carbocycles. The Bertz CT molecular complexity index is 643. The van der Waals surface area contributed by atoms with Gasteiger partial charge in [0.15, 0.2) is 6.23 Å². The van der Waals surface area contributed by atoms with Gasteiger partial charge < -0.3 is 9.84 Å². The number of aliphatic hydroxyl groups is 1. The first-order valence-electron chi connectivity index (χ1n) is 5.88. The Balaban J connectivity index is 2.56. The predicted octanol–water partition coefficient (Wildman–Crippen LogP) is 0.514. The van der Waals surface area contributed by atoms with Crippen LogP contribution in [-0.4, -0.2) is 37.0 Å². The zero-order chi connectivity index (χ0) is 15.1. The lowest BCUT2D eigenvalue weighted by atomic mass is 9.90. The first-order valence-corrected chi connectivity index (χ1v) is 7.40. The van der Waals surface area contributed by atoms with Crippen LogP contribution in [0.4, 0.5) is 4.39 Å². The average molecular weight is 396 g/mol. The number of nitrogens with one attached hydrogen (secondary N) is 1. The van der Waals surface area contributed by atoms with E-state index in [1.807, 2.05) is 27.6 Å². The molecule has 0 spiro atoms. The molecule has 1 fully saturated rings. The van der Waals surface area contributed by atoms with Gasteiger partial charge in [-0.2, -0.15) is 0 Å². The number of halogens is 2. The number of ether oxygens (including phenoxy) is 1. The molecular weight excluding hydrogens is 382 g/mol. The predicted molar refractivity (Wildman–Crippen MR) is 78.8 cm³/mol. The Kier molecular flexibility index (Phi) is 4.17. The van der Waals surface area contributed by atoms with Crippen molar-refractivity contribution in [1.29, 1.82) is 0 Å². The van der Waals surface area contributed by atoms with Gasteiger partial charge in [-0.1, -0.05) is 29.2 Å². The van der Waals surface area contributed by atoms with Crippen LogP contribution in [-0.2, 0) is 4.74 Å². The minimum atomic E-state index is -2.29. The molecule has 0 unspecified atom stereocenters. The van der Waals surface area contributed by atoms with Gasteiger partial charge in [0.1, 0.15) is 6.10 Å². The van der Waals surface area contributed by atoms with E-state index in [2.05, 4.69) is 6.58 Å². The summed E-state index contributed by atoms with van der Waals surface area (Å²) in [5.74, 6) is 0. The van der Waals surface area contributed by atoms with Gasteiger partial charge in [0.05, 0.1) is 6.10 Å². The molecule has 1 aliphatic heterocycles. The normalized spacial score (nSPS) is 33.3. The fourth-order valence-corrected chi connectivity index (χ4v) is 2.91. The number of aromatic amines is 1. The zero-order valence-electron chi connectivity index (χ0n) is 10.7. The molecular formula is C12H14FIN2O4. The summed E-state index contributed by atoms with van der Waals surface area (Å²) in [7, 11) is 0. The number of alkyl halides is 2. The maximum Gasteiger partial charge on any atom is 0.330 e. The van der Waals surface area contributed by atoms with Crippen molar-refractivity contribution in [3.63, 3.8) is 0 Å². The van der Waals surface area contributed by atoms with Crippen LogP contribution in [0.2, 0.25) is 0 Å². The maximum absolute atomic E-state index is 15.2. The van der Waals surface area contributed by atoms with E-state index in [1.165, 1.54) is 6.92 Å². The van der Waals surface area contributed by atoms with Crippen molar-refractivity contribution < 1.29 is 14.2 Å². The van der Waals surface area contributed by atoms with Gasteiger partial charge in [0.25, 0.3) is 5.56 Å². The maximum atomic E-state index is 15.2. The average Bonchev–Trinajstić information content (AvgIpc) is 2.64. The molecule has 6 nitrogen and oxygen atoms in total. The van der Waals surface area contributed by atoms with E-state index in [1.54, 1.807) is 0 Å². The smallest absolute Gasteiger partial charge is 0.330 e. The Morgan fingerprint density at radius 1 is 1.70 bits per heavy atom. The van der Waals surface area contributed by atoms with Crippen LogP contribution in [0.5, 0.6) is 0 Å². The topological polar surface area (TPSA) is 84.3 Å². The Morgan fingerprint density at radius 2 is 2.35 bits per heavy atom. The molecule has 0 bridgehead atoms.